The third kappa shape index (κ3) is 5.90. The van der Waals surface area contributed by atoms with Crippen LogP contribution in [0, 0.1) is 3.70 Å². The third-order valence-corrected chi connectivity index (χ3v) is 10.7. The van der Waals surface area contributed by atoms with E-state index in [1.54, 1.807) is 43.4 Å². The van der Waals surface area contributed by atoms with Crippen molar-refractivity contribution in [3.05, 3.63) is 15.2 Å². The molecule has 6 nitrogen and oxygen atoms in total. The molecule has 1 aliphatic rings. The van der Waals surface area contributed by atoms with Gasteiger partial charge in [-0.15, -0.1) is 0 Å². The molecule has 2 heterocycles. The molecule has 0 bridgehead atoms. The number of nitrogens with zero attached hydrogens (tertiary/aromatic N) is 2. The van der Waals surface area contributed by atoms with Crippen LogP contribution >= 0.6 is 22.6 Å². The van der Waals surface area contributed by atoms with Crippen LogP contribution < -0.4 is 0 Å². The summed E-state index contributed by atoms with van der Waals surface area (Å²) in [6.07, 6.45) is -5.11. The number of halogens is 4. The molecule has 0 aromatic carbocycles. The topological polar surface area (TPSA) is 67.4 Å². The number of hydrogen-bond acceptors (Lipinski definition) is 4. The Kier molecular flexibility index (Phi) is 7.01. The maximum Gasteiger partial charge on any atom is 0.435 e. The highest BCUT2D eigenvalue weighted by molar-refractivity contribution is 14.1. The summed E-state index contributed by atoms with van der Waals surface area (Å²) in [6.45, 7) is 16.0. The number of likely N-dealkylation sites (tertiary alicyclic amines) is 1. The summed E-state index contributed by atoms with van der Waals surface area (Å²) < 4.78 is 51.6. The molecular formula is C19H31F3IN3O3Si. The summed E-state index contributed by atoms with van der Waals surface area (Å²) in [6, 6.07) is -0.681. The molecule has 1 fully saturated rings. The van der Waals surface area contributed by atoms with Crippen molar-refractivity contribution in [3.63, 3.8) is 0 Å². The van der Waals surface area contributed by atoms with E-state index in [9.17, 15) is 18.0 Å². The number of aromatic nitrogens is 2. The fourth-order valence-corrected chi connectivity index (χ4v) is 5.03. The van der Waals surface area contributed by atoms with Crippen LogP contribution in [0.5, 0.6) is 0 Å². The minimum Gasteiger partial charge on any atom is -0.444 e. The highest BCUT2D eigenvalue weighted by Crippen LogP contribution is 2.42. The van der Waals surface area contributed by atoms with Crippen molar-refractivity contribution < 1.29 is 27.1 Å². The average Bonchev–Trinajstić information content (AvgIpc) is 3.06. The van der Waals surface area contributed by atoms with E-state index < -0.39 is 37.9 Å². The summed E-state index contributed by atoms with van der Waals surface area (Å²) in [5.74, 6) is 0.0962. The predicted octanol–water partition coefficient (Wildman–Crippen LogP) is 6.11. The summed E-state index contributed by atoms with van der Waals surface area (Å²) in [5, 5.41) is -0.0364. The van der Waals surface area contributed by atoms with Crippen LogP contribution in [0.25, 0.3) is 0 Å². The molecule has 30 heavy (non-hydrogen) atoms. The van der Waals surface area contributed by atoms with E-state index in [-0.39, 0.29) is 27.2 Å². The number of carbonyl (C=O) groups is 1. The number of ether oxygens (including phenoxy) is 1. The van der Waals surface area contributed by atoms with Crippen LogP contribution in [0.15, 0.2) is 0 Å². The van der Waals surface area contributed by atoms with Gasteiger partial charge in [-0.25, -0.2) is 9.78 Å². The first kappa shape index (κ1) is 25.4. The van der Waals surface area contributed by atoms with Gasteiger partial charge in [-0.2, -0.15) is 13.2 Å². The van der Waals surface area contributed by atoms with E-state index in [4.69, 9.17) is 9.16 Å². The molecular weight excluding hydrogens is 530 g/mol. The van der Waals surface area contributed by atoms with Crippen LogP contribution in [0.2, 0.25) is 18.1 Å². The van der Waals surface area contributed by atoms with Gasteiger partial charge in [-0.05, 0) is 61.5 Å². The zero-order valence-electron chi connectivity index (χ0n) is 18.7. The summed E-state index contributed by atoms with van der Waals surface area (Å²) >= 11 is 1.58. The summed E-state index contributed by atoms with van der Waals surface area (Å²) in [5.41, 5.74) is -1.70. The Labute approximate surface area is 190 Å². The van der Waals surface area contributed by atoms with Gasteiger partial charge in [0.15, 0.2) is 14.0 Å². The minimum atomic E-state index is -4.57. The van der Waals surface area contributed by atoms with Crippen LogP contribution in [0.4, 0.5) is 18.0 Å². The van der Waals surface area contributed by atoms with E-state index in [0.29, 0.717) is 6.42 Å². The average molecular weight is 561 g/mol. The Bertz CT molecular complexity index is 785. The fraction of sp³-hybridized carbons (Fsp3) is 0.789. The van der Waals surface area contributed by atoms with Gasteiger partial charge in [0.1, 0.15) is 15.1 Å². The lowest BCUT2D eigenvalue weighted by atomic mass is 10.2. The molecule has 1 aromatic heterocycles. The Hall–Kier alpha value is -0.823. The second-order valence-electron chi connectivity index (χ2n) is 10.2. The number of carbonyl (C=O) groups excluding carboxylic acids is 1. The molecule has 1 aromatic rings. The van der Waals surface area contributed by atoms with Gasteiger partial charge in [0.05, 0.1) is 12.1 Å². The molecule has 11 heteroatoms. The lowest BCUT2D eigenvalue weighted by molar-refractivity contribution is -0.141. The van der Waals surface area contributed by atoms with Crippen molar-refractivity contribution in [1.82, 2.24) is 14.9 Å². The lowest BCUT2D eigenvalue weighted by Gasteiger charge is -2.38. The highest BCUT2D eigenvalue weighted by Gasteiger charge is 2.46. The van der Waals surface area contributed by atoms with Gasteiger partial charge in [0.2, 0.25) is 0 Å². The molecule has 0 saturated carbocycles. The van der Waals surface area contributed by atoms with E-state index in [1.807, 2.05) is 0 Å². The predicted molar refractivity (Wildman–Crippen MR) is 119 cm³/mol. The van der Waals surface area contributed by atoms with Crippen molar-refractivity contribution in [2.45, 2.75) is 90.0 Å². The molecule has 2 rings (SSSR count). The maximum atomic E-state index is 13.2. The number of aromatic amines is 1. The monoisotopic (exact) mass is 561 g/mol. The van der Waals surface area contributed by atoms with E-state index in [0.717, 1.165) is 0 Å². The van der Waals surface area contributed by atoms with Gasteiger partial charge in [0, 0.05) is 13.0 Å². The Balaban J connectivity index is 2.36. The lowest BCUT2D eigenvalue weighted by Crippen LogP contribution is -2.45. The second-order valence-corrected chi connectivity index (χ2v) is 16.0. The van der Waals surface area contributed by atoms with Crippen LogP contribution in [0.3, 0.4) is 0 Å². The van der Waals surface area contributed by atoms with E-state index >= 15 is 0 Å². The Morgan fingerprint density at radius 1 is 1.20 bits per heavy atom. The van der Waals surface area contributed by atoms with Crippen LogP contribution in [-0.2, 0) is 15.3 Å². The number of rotatable bonds is 3. The zero-order valence-corrected chi connectivity index (χ0v) is 21.9. The number of alkyl halides is 3. The fourth-order valence-electron chi connectivity index (χ4n) is 2.97. The van der Waals surface area contributed by atoms with Crippen molar-refractivity contribution >= 4 is 37.0 Å². The van der Waals surface area contributed by atoms with E-state index in [1.165, 1.54) is 4.90 Å². The molecule has 1 aliphatic heterocycles. The Morgan fingerprint density at radius 3 is 2.20 bits per heavy atom. The van der Waals surface area contributed by atoms with Gasteiger partial charge < -0.3 is 14.1 Å². The molecule has 0 spiro atoms. The van der Waals surface area contributed by atoms with Gasteiger partial charge in [-0.1, -0.05) is 20.8 Å². The van der Waals surface area contributed by atoms with E-state index in [2.05, 4.69) is 43.8 Å². The maximum absolute atomic E-state index is 13.2. The van der Waals surface area contributed by atoms with Crippen molar-refractivity contribution in [1.29, 1.82) is 0 Å². The quantitative estimate of drug-likeness (QED) is 0.358. The van der Waals surface area contributed by atoms with Crippen molar-refractivity contribution in [2.75, 3.05) is 6.54 Å². The van der Waals surface area contributed by atoms with Crippen LogP contribution in [0.1, 0.15) is 65.5 Å². The molecule has 1 amide bonds. The largest absolute Gasteiger partial charge is 0.444 e. The highest BCUT2D eigenvalue weighted by atomic mass is 127. The molecule has 0 unspecified atom stereocenters. The number of H-pyrrole nitrogens is 1. The molecule has 1 N–H and O–H groups in total. The SMILES string of the molecule is CC(C)(C)OC(=O)N1C[C@H](O[Si](C)(C)C(C)(C)C)C[C@H]1c1nc(C(F)(F)F)c(I)[nH]1. The first-order valence-corrected chi connectivity index (χ1v) is 13.8. The number of hydrogen-bond donors (Lipinski definition) is 1. The minimum absolute atomic E-state index is 0.0364. The summed E-state index contributed by atoms with van der Waals surface area (Å²) in [4.78, 5) is 20.8. The first-order chi connectivity index (χ1) is 13.3. The van der Waals surface area contributed by atoms with Crippen LogP contribution in [-0.4, -0.2) is 47.5 Å². The number of amides is 1. The zero-order chi connectivity index (χ0) is 23.3. The summed E-state index contributed by atoms with van der Waals surface area (Å²) in [7, 11) is -2.14. The normalized spacial score (nSPS) is 21.3. The van der Waals surface area contributed by atoms with Gasteiger partial charge in [-0.3, -0.25) is 4.90 Å². The molecule has 2 atom stereocenters. The number of nitrogens with one attached hydrogen (secondary N) is 1. The standard InChI is InChI=1S/C19H31F3IN3O3Si/c1-17(2,3)28-16(27)26-10-11(29-30(7,8)18(4,5)6)9-12(26)15-24-13(14(23)25-15)19(20,21)22/h11-12H,9-10H2,1-8H3,(H,24,25)/t11-,12+/m1/s1. The van der Waals surface area contributed by atoms with Crippen molar-refractivity contribution in [3.8, 4) is 0 Å². The first-order valence-electron chi connectivity index (χ1n) is 9.82. The molecule has 0 aliphatic carbocycles. The number of imidazole rings is 1. The van der Waals surface area contributed by atoms with Crippen molar-refractivity contribution in [2.24, 2.45) is 0 Å². The third-order valence-electron chi connectivity index (χ3n) is 5.42. The second kappa shape index (κ2) is 8.27. The smallest absolute Gasteiger partial charge is 0.435 e. The van der Waals surface area contributed by atoms with Gasteiger partial charge in [0.25, 0.3) is 0 Å². The molecule has 172 valence electrons. The Morgan fingerprint density at radius 2 is 1.77 bits per heavy atom. The molecule has 0 radical (unpaired) electrons. The van der Waals surface area contributed by atoms with Gasteiger partial charge >= 0.3 is 12.3 Å². The molecule has 1 saturated heterocycles.